The lowest BCUT2D eigenvalue weighted by Crippen LogP contribution is -2.22. The first kappa shape index (κ1) is 21.6. The fourth-order valence-electron chi connectivity index (χ4n) is 2.47. The lowest BCUT2D eigenvalue weighted by atomic mass is 10.1. The van der Waals surface area contributed by atoms with E-state index in [-0.39, 0.29) is 28.3 Å². The number of amides is 1. The summed E-state index contributed by atoms with van der Waals surface area (Å²) in [5.74, 6) is -1.63. The number of benzene rings is 2. The summed E-state index contributed by atoms with van der Waals surface area (Å²) in [5.41, 5.74) is 0.840. The van der Waals surface area contributed by atoms with Crippen LogP contribution >= 0.6 is 0 Å². The average Bonchev–Trinajstić information content (AvgIpc) is 2.68. The molecule has 2 aromatic rings. The predicted molar refractivity (Wildman–Crippen MR) is 111 cm³/mol. The number of carboxylic acid groups (broad SMARTS) is 1. The van der Waals surface area contributed by atoms with Gasteiger partial charge in [0.25, 0.3) is 10.0 Å². The van der Waals surface area contributed by atoms with Gasteiger partial charge in [-0.2, -0.15) is 0 Å². The molecular weight excluding hydrogens is 392 g/mol. The number of aromatic carboxylic acids is 1. The lowest BCUT2D eigenvalue weighted by Gasteiger charge is -2.11. The molecule has 0 spiro atoms. The molecule has 0 unspecified atom stereocenters. The second kappa shape index (κ2) is 9.52. The maximum atomic E-state index is 12.5. The van der Waals surface area contributed by atoms with Crippen LogP contribution in [-0.4, -0.2) is 25.4 Å². The highest BCUT2D eigenvalue weighted by atomic mass is 32.2. The van der Waals surface area contributed by atoms with Crippen LogP contribution in [0.2, 0.25) is 0 Å². The zero-order valence-electron chi connectivity index (χ0n) is 15.5. The molecule has 0 aromatic heterocycles. The molecule has 0 radical (unpaired) electrons. The van der Waals surface area contributed by atoms with Gasteiger partial charge in [-0.15, -0.1) is 0 Å². The minimum Gasteiger partial charge on any atom is -0.478 e. The molecule has 3 N–H and O–H groups in total. The van der Waals surface area contributed by atoms with Gasteiger partial charge >= 0.3 is 5.97 Å². The molecular formula is C21H20N2O5S. The van der Waals surface area contributed by atoms with Crippen molar-refractivity contribution in [2.45, 2.75) is 11.3 Å². The van der Waals surface area contributed by atoms with Gasteiger partial charge in [-0.1, -0.05) is 43.5 Å². The fraction of sp³-hybridized carbons (Fsp3) is 0.0476. The minimum atomic E-state index is -3.88. The third-order valence-corrected chi connectivity index (χ3v) is 5.15. The number of para-hydroxylation sites is 1. The van der Waals surface area contributed by atoms with Crippen molar-refractivity contribution in [1.29, 1.82) is 0 Å². The summed E-state index contributed by atoms with van der Waals surface area (Å²) in [6, 6.07) is 11.9. The molecule has 0 bridgehead atoms. The van der Waals surface area contributed by atoms with Gasteiger partial charge in [-0.3, -0.25) is 9.52 Å². The largest absolute Gasteiger partial charge is 0.478 e. The van der Waals surface area contributed by atoms with Gasteiger partial charge in [0.05, 0.1) is 22.6 Å². The number of carboxylic acids is 1. The van der Waals surface area contributed by atoms with Crippen molar-refractivity contribution in [3.05, 3.63) is 96.7 Å². The molecule has 29 heavy (non-hydrogen) atoms. The van der Waals surface area contributed by atoms with Gasteiger partial charge in [0.1, 0.15) is 0 Å². The summed E-state index contributed by atoms with van der Waals surface area (Å²) >= 11 is 0. The van der Waals surface area contributed by atoms with Crippen LogP contribution in [0.1, 0.15) is 15.9 Å². The van der Waals surface area contributed by atoms with Crippen molar-refractivity contribution in [2.75, 3.05) is 5.32 Å². The van der Waals surface area contributed by atoms with Crippen LogP contribution in [0, 0.1) is 0 Å². The Kier molecular flexibility index (Phi) is 7.10. The minimum absolute atomic E-state index is 0.0226. The molecule has 0 aliphatic carbocycles. The second-order valence-electron chi connectivity index (χ2n) is 5.89. The Balaban J connectivity index is 2.19. The number of nitrogens with one attached hydrogen (secondary N) is 2. The van der Waals surface area contributed by atoms with Gasteiger partial charge in [-0.25, -0.2) is 13.2 Å². The van der Waals surface area contributed by atoms with Crippen molar-refractivity contribution in [3.8, 4) is 0 Å². The van der Waals surface area contributed by atoms with E-state index >= 15 is 0 Å². The van der Waals surface area contributed by atoms with Gasteiger partial charge in [0.15, 0.2) is 0 Å². The topological polar surface area (TPSA) is 113 Å². The molecule has 0 fully saturated rings. The van der Waals surface area contributed by atoms with E-state index in [1.807, 2.05) is 0 Å². The smallest absolute Gasteiger partial charge is 0.337 e. The molecule has 0 aliphatic heterocycles. The quantitative estimate of drug-likeness (QED) is 0.548. The van der Waals surface area contributed by atoms with Gasteiger partial charge in [0.2, 0.25) is 5.91 Å². The molecule has 0 saturated heterocycles. The van der Waals surface area contributed by atoms with Crippen LogP contribution in [0.3, 0.4) is 0 Å². The van der Waals surface area contributed by atoms with Crippen LogP contribution in [0.25, 0.3) is 0 Å². The first-order chi connectivity index (χ1) is 13.8. The summed E-state index contributed by atoms with van der Waals surface area (Å²) in [6.07, 6.45) is 4.10. The fourth-order valence-corrected chi connectivity index (χ4v) is 3.61. The summed E-state index contributed by atoms with van der Waals surface area (Å²) in [5, 5.41) is 11.7. The Morgan fingerprint density at radius 3 is 2.45 bits per heavy atom. The molecule has 2 rings (SSSR count). The van der Waals surface area contributed by atoms with E-state index in [1.165, 1.54) is 48.6 Å². The van der Waals surface area contributed by atoms with Gasteiger partial charge in [0, 0.05) is 5.70 Å². The second-order valence-corrected chi connectivity index (χ2v) is 7.57. The van der Waals surface area contributed by atoms with Crippen molar-refractivity contribution >= 4 is 27.6 Å². The highest BCUT2D eigenvalue weighted by molar-refractivity contribution is 7.89. The van der Waals surface area contributed by atoms with Crippen molar-refractivity contribution in [1.82, 2.24) is 4.72 Å². The Morgan fingerprint density at radius 1 is 1.07 bits per heavy atom. The molecule has 7 nitrogen and oxygen atoms in total. The van der Waals surface area contributed by atoms with E-state index in [9.17, 15) is 23.1 Å². The van der Waals surface area contributed by atoms with Gasteiger partial charge < -0.3 is 10.4 Å². The molecule has 150 valence electrons. The number of allylic oxidation sites excluding steroid dienone is 3. The molecule has 0 saturated carbocycles. The number of carbonyl (C=O) groups excluding carboxylic acids is 1. The third kappa shape index (κ3) is 5.91. The van der Waals surface area contributed by atoms with Crippen molar-refractivity contribution < 1.29 is 23.1 Å². The Bertz CT molecular complexity index is 1090. The number of carbonyl (C=O) groups is 2. The standard InChI is InChI=1S/C21H20N2O5S/c1-3-8-16(4-2)23-29(27,28)17-10-7-9-15(13-17)14-20(24)22-19-12-6-5-11-18(19)21(25)26/h3-13,23H,1-2,14H2,(H,22,24)(H,25,26)/b16-8+. The summed E-state index contributed by atoms with van der Waals surface area (Å²) in [6.45, 7) is 7.05. The number of hydrogen-bond donors (Lipinski definition) is 3. The Labute approximate surface area is 169 Å². The van der Waals surface area contributed by atoms with Gasteiger partial charge in [-0.05, 0) is 42.0 Å². The van der Waals surface area contributed by atoms with E-state index in [0.29, 0.717) is 5.56 Å². The number of hydrogen-bond acceptors (Lipinski definition) is 4. The first-order valence-electron chi connectivity index (χ1n) is 8.46. The van der Waals surface area contributed by atoms with Crippen LogP contribution in [0.5, 0.6) is 0 Å². The number of sulfonamides is 1. The average molecular weight is 412 g/mol. The summed E-state index contributed by atoms with van der Waals surface area (Å²) < 4.78 is 27.4. The summed E-state index contributed by atoms with van der Waals surface area (Å²) in [7, 11) is -3.88. The maximum Gasteiger partial charge on any atom is 0.337 e. The van der Waals surface area contributed by atoms with E-state index in [2.05, 4.69) is 23.2 Å². The van der Waals surface area contributed by atoms with E-state index in [4.69, 9.17) is 0 Å². The molecule has 8 heteroatoms. The highest BCUT2D eigenvalue weighted by Crippen LogP contribution is 2.17. The van der Waals surface area contributed by atoms with E-state index in [1.54, 1.807) is 18.2 Å². The van der Waals surface area contributed by atoms with Crippen molar-refractivity contribution in [2.24, 2.45) is 0 Å². The van der Waals surface area contributed by atoms with Crippen LogP contribution < -0.4 is 10.0 Å². The number of rotatable bonds is 9. The predicted octanol–water partition coefficient (Wildman–Crippen LogP) is 3.10. The normalized spacial score (nSPS) is 11.4. The molecule has 0 heterocycles. The zero-order chi connectivity index (χ0) is 21.4. The van der Waals surface area contributed by atoms with E-state index in [0.717, 1.165) is 0 Å². The van der Waals surface area contributed by atoms with Crippen LogP contribution in [0.4, 0.5) is 5.69 Å². The van der Waals surface area contributed by atoms with Crippen LogP contribution in [0.15, 0.2) is 90.5 Å². The molecule has 1 amide bonds. The summed E-state index contributed by atoms with van der Waals surface area (Å²) in [4.78, 5) is 23.5. The lowest BCUT2D eigenvalue weighted by molar-refractivity contribution is -0.115. The maximum absolute atomic E-state index is 12.5. The third-order valence-electron chi connectivity index (χ3n) is 3.77. The SMILES string of the molecule is C=C/C=C(\C=C)NS(=O)(=O)c1cccc(CC(=O)Nc2ccccc2C(=O)O)c1. The molecule has 2 aromatic carbocycles. The molecule has 0 atom stereocenters. The zero-order valence-corrected chi connectivity index (χ0v) is 16.3. The van der Waals surface area contributed by atoms with Crippen LogP contribution in [-0.2, 0) is 21.2 Å². The van der Waals surface area contributed by atoms with E-state index < -0.39 is 21.9 Å². The number of anilines is 1. The Morgan fingerprint density at radius 2 is 1.79 bits per heavy atom. The molecule has 0 aliphatic rings. The first-order valence-corrected chi connectivity index (χ1v) is 9.94. The highest BCUT2D eigenvalue weighted by Gasteiger charge is 2.16. The monoisotopic (exact) mass is 412 g/mol. The Hall–Kier alpha value is -3.65. The van der Waals surface area contributed by atoms with Crippen molar-refractivity contribution in [3.63, 3.8) is 0 Å².